The van der Waals surface area contributed by atoms with E-state index in [-0.39, 0.29) is 5.41 Å². The van der Waals surface area contributed by atoms with Crippen molar-refractivity contribution in [3.63, 3.8) is 0 Å². The lowest BCUT2D eigenvalue weighted by atomic mass is 9.95. The molecule has 3 heterocycles. The number of ether oxygens (including phenoxy) is 1. The summed E-state index contributed by atoms with van der Waals surface area (Å²) in [5.41, 5.74) is 0.855. The quantitative estimate of drug-likeness (QED) is 0.905. The number of aromatic nitrogens is 2. The van der Waals surface area contributed by atoms with Crippen LogP contribution in [0.4, 0.5) is 5.82 Å². The van der Waals surface area contributed by atoms with Gasteiger partial charge in [0.05, 0.1) is 16.5 Å². The molecule has 6 heteroatoms. The second kappa shape index (κ2) is 5.65. The Kier molecular flexibility index (Phi) is 4.01. The standard InChI is InChI=1S/C15H23N3O2S/c1-15(2,3)14-17-11-6-9-21(19)12(11)13(18-14)16-10-4-7-20-8-5-10/h10H,4-9H2,1-3H3,(H,16,17,18). The summed E-state index contributed by atoms with van der Waals surface area (Å²) in [5, 5.41) is 3.50. The Hall–Kier alpha value is -1.01. The molecule has 0 aromatic carbocycles. The van der Waals surface area contributed by atoms with Crippen LogP contribution in [0.5, 0.6) is 0 Å². The highest BCUT2D eigenvalue weighted by atomic mass is 32.2. The number of hydrogen-bond acceptors (Lipinski definition) is 5. The number of aryl methyl sites for hydroxylation is 1. The molecule has 2 aliphatic heterocycles. The summed E-state index contributed by atoms with van der Waals surface area (Å²) >= 11 is 0. The molecule has 1 aromatic rings. The Morgan fingerprint density at radius 3 is 2.62 bits per heavy atom. The third-order valence-corrected chi connectivity index (χ3v) is 5.38. The predicted octanol–water partition coefficient (Wildman–Crippen LogP) is 2.03. The molecule has 0 radical (unpaired) electrons. The van der Waals surface area contributed by atoms with Crippen molar-refractivity contribution >= 4 is 16.6 Å². The van der Waals surface area contributed by atoms with E-state index < -0.39 is 10.8 Å². The summed E-state index contributed by atoms with van der Waals surface area (Å²) < 4.78 is 17.7. The van der Waals surface area contributed by atoms with E-state index in [4.69, 9.17) is 9.72 Å². The van der Waals surface area contributed by atoms with Gasteiger partial charge < -0.3 is 10.1 Å². The fourth-order valence-corrected chi connectivity index (χ4v) is 3.98. The van der Waals surface area contributed by atoms with E-state index in [1.165, 1.54) is 0 Å². The van der Waals surface area contributed by atoms with Gasteiger partial charge in [0.15, 0.2) is 0 Å². The van der Waals surface area contributed by atoms with Crippen molar-refractivity contribution in [2.45, 2.75) is 56.4 Å². The van der Waals surface area contributed by atoms with Gasteiger partial charge in [0.2, 0.25) is 0 Å². The number of nitrogens with one attached hydrogen (secondary N) is 1. The zero-order chi connectivity index (χ0) is 15.0. The summed E-state index contributed by atoms with van der Waals surface area (Å²) in [5.74, 6) is 2.28. The molecule has 1 fully saturated rings. The highest BCUT2D eigenvalue weighted by Gasteiger charge is 2.30. The molecule has 2 aliphatic rings. The average Bonchev–Trinajstić information content (AvgIpc) is 2.81. The van der Waals surface area contributed by atoms with E-state index in [9.17, 15) is 4.21 Å². The van der Waals surface area contributed by atoms with Crippen molar-refractivity contribution in [1.82, 2.24) is 9.97 Å². The molecule has 1 aromatic heterocycles. The Morgan fingerprint density at radius 2 is 1.95 bits per heavy atom. The van der Waals surface area contributed by atoms with E-state index >= 15 is 0 Å². The van der Waals surface area contributed by atoms with Gasteiger partial charge in [-0.2, -0.15) is 0 Å². The lowest BCUT2D eigenvalue weighted by molar-refractivity contribution is 0.0903. The minimum Gasteiger partial charge on any atom is -0.381 e. The molecule has 3 rings (SSSR count). The van der Waals surface area contributed by atoms with Crippen molar-refractivity contribution in [2.75, 3.05) is 24.3 Å². The van der Waals surface area contributed by atoms with Crippen LogP contribution in [0.15, 0.2) is 4.90 Å². The Morgan fingerprint density at radius 1 is 1.24 bits per heavy atom. The Bertz CT molecular complexity index is 563. The molecule has 1 N–H and O–H groups in total. The molecule has 1 unspecified atom stereocenters. The summed E-state index contributed by atoms with van der Waals surface area (Å²) in [6.45, 7) is 7.89. The summed E-state index contributed by atoms with van der Waals surface area (Å²) in [6, 6.07) is 0.350. The smallest absolute Gasteiger partial charge is 0.146 e. The highest BCUT2D eigenvalue weighted by molar-refractivity contribution is 7.85. The molecule has 116 valence electrons. The van der Waals surface area contributed by atoms with E-state index in [0.29, 0.717) is 11.8 Å². The topological polar surface area (TPSA) is 64.1 Å². The highest BCUT2D eigenvalue weighted by Crippen LogP contribution is 2.31. The Balaban J connectivity index is 1.96. The molecule has 1 saturated heterocycles. The second-order valence-corrected chi connectivity index (χ2v) is 8.26. The van der Waals surface area contributed by atoms with Crippen LogP contribution in [-0.2, 0) is 27.4 Å². The summed E-state index contributed by atoms with van der Waals surface area (Å²) in [6.07, 6.45) is 2.72. The van der Waals surface area contributed by atoms with E-state index in [1.54, 1.807) is 0 Å². The van der Waals surface area contributed by atoms with Crippen LogP contribution in [0.25, 0.3) is 0 Å². The molecule has 0 saturated carbocycles. The van der Waals surface area contributed by atoms with Crippen LogP contribution < -0.4 is 5.32 Å². The van der Waals surface area contributed by atoms with E-state index in [0.717, 1.165) is 54.7 Å². The lowest BCUT2D eigenvalue weighted by Gasteiger charge is -2.26. The van der Waals surface area contributed by atoms with Crippen LogP contribution in [0, 0.1) is 0 Å². The van der Waals surface area contributed by atoms with Gasteiger partial charge in [-0.3, -0.25) is 4.21 Å². The van der Waals surface area contributed by atoms with E-state index in [1.807, 2.05) is 0 Å². The molecular weight excluding hydrogens is 286 g/mol. The van der Waals surface area contributed by atoms with Crippen LogP contribution in [0.1, 0.15) is 45.1 Å². The number of nitrogens with zero attached hydrogens (tertiary/aromatic N) is 2. The van der Waals surface area contributed by atoms with Crippen molar-refractivity contribution in [1.29, 1.82) is 0 Å². The minimum atomic E-state index is -0.967. The van der Waals surface area contributed by atoms with Crippen molar-refractivity contribution in [3.8, 4) is 0 Å². The van der Waals surface area contributed by atoms with Crippen molar-refractivity contribution in [3.05, 3.63) is 11.5 Å². The fraction of sp³-hybridized carbons (Fsp3) is 0.733. The average molecular weight is 309 g/mol. The first-order valence-corrected chi connectivity index (χ1v) is 8.91. The van der Waals surface area contributed by atoms with Gasteiger partial charge in [0.1, 0.15) is 16.5 Å². The molecule has 0 spiro atoms. The largest absolute Gasteiger partial charge is 0.381 e. The third-order valence-electron chi connectivity index (χ3n) is 3.92. The zero-order valence-corrected chi connectivity index (χ0v) is 13.8. The normalized spacial score (nSPS) is 23.1. The van der Waals surface area contributed by atoms with Gasteiger partial charge >= 0.3 is 0 Å². The first-order valence-electron chi connectivity index (χ1n) is 7.59. The zero-order valence-electron chi connectivity index (χ0n) is 12.9. The molecule has 0 bridgehead atoms. The number of anilines is 1. The summed E-state index contributed by atoms with van der Waals surface area (Å²) in [4.78, 5) is 10.2. The Labute approximate surface area is 128 Å². The first-order chi connectivity index (χ1) is 9.95. The number of fused-ring (bicyclic) bond motifs is 1. The van der Waals surface area contributed by atoms with Gasteiger partial charge in [0.25, 0.3) is 0 Å². The van der Waals surface area contributed by atoms with Gasteiger partial charge in [-0.1, -0.05) is 20.8 Å². The van der Waals surface area contributed by atoms with Crippen molar-refractivity contribution in [2.24, 2.45) is 0 Å². The first kappa shape index (κ1) is 14.9. The maximum atomic E-state index is 12.3. The second-order valence-electron chi connectivity index (χ2n) is 6.75. The lowest BCUT2D eigenvalue weighted by Crippen LogP contribution is -2.29. The predicted molar refractivity (Wildman–Crippen MR) is 83.2 cm³/mol. The maximum absolute atomic E-state index is 12.3. The number of rotatable bonds is 2. The van der Waals surface area contributed by atoms with E-state index in [2.05, 4.69) is 31.1 Å². The van der Waals surface area contributed by atoms with Crippen LogP contribution in [0.3, 0.4) is 0 Å². The molecule has 1 atom stereocenters. The molecular formula is C15H23N3O2S. The SMILES string of the molecule is CC(C)(C)c1nc2c(c(NC3CCOCC3)n1)S(=O)CC2. The number of hydrogen-bond donors (Lipinski definition) is 1. The van der Waals surface area contributed by atoms with Crippen LogP contribution >= 0.6 is 0 Å². The monoisotopic (exact) mass is 309 g/mol. The van der Waals surface area contributed by atoms with Crippen LogP contribution in [-0.4, -0.2) is 39.2 Å². The maximum Gasteiger partial charge on any atom is 0.146 e. The molecule has 21 heavy (non-hydrogen) atoms. The molecule has 0 aliphatic carbocycles. The van der Waals surface area contributed by atoms with Gasteiger partial charge in [-0.25, -0.2) is 9.97 Å². The van der Waals surface area contributed by atoms with Crippen LogP contribution in [0.2, 0.25) is 0 Å². The fourth-order valence-electron chi connectivity index (χ4n) is 2.67. The van der Waals surface area contributed by atoms with Crippen molar-refractivity contribution < 1.29 is 8.95 Å². The molecule has 0 amide bonds. The third kappa shape index (κ3) is 3.11. The van der Waals surface area contributed by atoms with Gasteiger partial charge in [-0.15, -0.1) is 0 Å². The summed E-state index contributed by atoms with van der Waals surface area (Å²) in [7, 11) is -0.967. The van der Waals surface area contributed by atoms with Gasteiger partial charge in [-0.05, 0) is 12.8 Å². The minimum absolute atomic E-state index is 0.106. The van der Waals surface area contributed by atoms with Gasteiger partial charge in [0, 0.05) is 36.8 Å². The molecule has 5 nitrogen and oxygen atoms in total.